The summed E-state index contributed by atoms with van der Waals surface area (Å²) in [5, 5.41) is 0. The van der Waals surface area contributed by atoms with Gasteiger partial charge in [0.2, 0.25) is 5.95 Å². The predicted molar refractivity (Wildman–Crippen MR) is 64.5 cm³/mol. The molecule has 1 aromatic carbocycles. The molecule has 1 aromatic heterocycles. The molecule has 0 saturated heterocycles. The lowest BCUT2D eigenvalue weighted by Crippen LogP contribution is -2.09. The van der Waals surface area contributed by atoms with Crippen LogP contribution >= 0.6 is 0 Å². The van der Waals surface area contributed by atoms with Gasteiger partial charge >= 0.3 is 0 Å². The van der Waals surface area contributed by atoms with Gasteiger partial charge < -0.3 is 9.88 Å². The fourth-order valence-electron chi connectivity index (χ4n) is 1.58. The number of benzene rings is 1. The summed E-state index contributed by atoms with van der Waals surface area (Å²) in [6, 6.07) is 6.40. The number of imidazole rings is 1. The molecule has 0 atom stereocenters. The first-order valence-corrected chi connectivity index (χ1v) is 5.25. The van der Waals surface area contributed by atoms with Crippen molar-refractivity contribution in [3.05, 3.63) is 23.8 Å². The van der Waals surface area contributed by atoms with E-state index in [0.717, 1.165) is 17.0 Å². The van der Waals surface area contributed by atoms with E-state index in [-0.39, 0.29) is 0 Å². The second-order valence-electron chi connectivity index (χ2n) is 4.39. The van der Waals surface area contributed by atoms with Gasteiger partial charge in [-0.3, -0.25) is 0 Å². The van der Waals surface area contributed by atoms with Crippen molar-refractivity contribution in [2.45, 2.75) is 19.8 Å². The van der Waals surface area contributed by atoms with Crippen LogP contribution in [0.25, 0.3) is 11.0 Å². The Morgan fingerprint density at radius 2 is 2.00 bits per heavy atom. The Labute approximate surface area is 90.1 Å². The molecular formula is C12H17N3. The Hall–Kier alpha value is -1.51. The maximum absolute atomic E-state index is 4.48. The van der Waals surface area contributed by atoms with E-state index in [9.17, 15) is 0 Å². The summed E-state index contributed by atoms with van der Waals surface area (Å²) in [5.74, 6) is 1.46. The number of rotatable bonds is 2. The zero-order valence-corrected chi connectivity index (χ0v) is 9.70. The lowest BCUT2D eigenvalue weighted by molar-refractivity contribution is 0.868. The highest BCUT2D eigenvalue weighted by Gasteiger charge is 2.06. The quantitative estimate of drug-likeness (QED) is 0.813. The van der Waals surface area contributed by atoms with E-state index in [1.54, 1.807) is 0 Å². The number of aromatic nitrogens is 2. The van der Waals surface area contributed by atoms with Gasteiger partial charge in [-0.1, -0.05) is 19.9 Å². The third-order valence-electron chi connectivity index (χ3n) is 2.58. The third kappa shape index (κ3) is 1.82. The van der Waals surface area contributed by atoms with Gasteiger partial charge in [-0.05, 0) is 23.6 Å². The average Bonchev–Trinajstić information content (AvgIpc) is 2.59. The van der Waals surface area contributed by atoms with Crippen LogP contribution in [0.15, 0.2) is 18.2 Å². The highest BCUT2D eigenvalue weighted by atomic mass is 15.2. The van der Waals surface area contributed by atoms with Crippen LogP contribution in [0.3, 0.4) is 0 Å². The van der Waals surface area contributed by atoms with Crippen LogP contribution in [0, 0.1) is 0 Å². The van der Waals surface area contributed by atoms with E-state index in [1.807, 2.05) is 19.0 Å². The van der Waals surface area contributed by atoms with E-state index in [0.29, 0.717) is 5.92 Å². The number of H-pyrrole nitrogens is 1. The van der Waals surface area contributed by atoms with Crippen molar-refractivity contribution >= 4 is 17.0 Å². The van der Waals surface area contributed by atoms with Crippen LogP contribution < -0.4 is 4.90 Å². The highest BCUT2D eigenvalue weighted by molar-refractivity contribution is 5.78. The fraction of sp³-hybridized carbons (Fsp3) is 0.417. The van der Waals surface area contributed by atoms with Crippen LogP contribution in [0.1, 0.15) is 25.3 Å². The maximum Gasteiger partial charge on any atom is 0.203 e. The fourth-order valence-corrected chi connectivity index (χ4v) is 1.58. The lowest BCUT2D eigenvalue weighted by atomic mass is 10.0. The van der Waals surface area contributed by atoms with Crippen LogP contribution in [0.2, 0.25) is 0 Å². The van der Waals surface area contributed by atoms with Crippen molar-refractivity contribution in [2.24, 2.45) is 0 Å². The second kappa shape index (κ2) is 3.57. The number of nitrogens with zero attached hydrogens (tertiary/aromatic N) is 2. The van der Waals surface area contributed by atoms with Crippen molar-refractivity contribution in [1.29, 1.82) is 0 Å². The van der Waals surface area contributed by atoms with E-state index < -0.39 is 0 Å². The van der Waals surface area contributed by atoms with E-state index in [2.05, 4.69) is 42.0 Å². The Morgan fingerprint density at radius 1 is 1.27 bits per heavy atom. The molecule has 2 aromatic rings. The molecule has 0 aliphatic carbocycles. The van der Waals surface area contributed by atoms with Gasteiger partial charge in [-0.15, -0.1) is 0 Å². The Balaban J connectivity index is 2.52. The summed E-state index contributed by atoms with van der Waals surface area (Å²) < 4.78 is 0. The second-order valence-corrected chi connectivity index (χ2v) is 4.39. The molecule has 2 rings (SSSR count). The Morgan fingerprint density at radius 3 is 2.60 bits per heavy atom. The normalized spacial score (nSPS) is 11.3. The maximum atomic E-state index is 4.48. The minimum Gasteiger partial charge on any atom is -0.349 e. The third-order valence-corrected chi connectivity index (χ3v) is 2.58. The molecule has 0 bridgehead atoms. The molecule has 0 amide bonds. The summed E-state index contributed by atoms with van der Waals surface area (Å²) in [6.45, 7) is 4.40. The molecule has 15 heavy (non-hydrogen) atoms. The number of hydrogen-bond donors (Lipinski definition) is 1. The van der Waals surface area contributed by atoms with Crippen molar-refractivity contribution < 1.29 is 0 Å². The average molecular weight is 203 g/mol. The minimum absolute atomic E-state index is 0.556. The summed E-state index contributed by atoms with van der Waals surface area (Å²) in [6.07, 6.45) is 0. The van der Waals surface area contributed by atoms with Crippen molar-refractivity contribution in [2.75, 3.05) is 19.0 Å². The van der Waals surface area contributed by atoms with Gasteiger partial charge in [0.25, 0.3) is 0 Å². The van der Waals surface area contributed by atoms with Gasteiger partial charge in [0, 0.05) is 14.1 Å². The molecule has 0 radical (unpaired) electrons. The Bertz CT molecular complexity index is 463. The molecule has 0 fully saturated rings. The lowest BCUT2D eigenvalue weighted by Gasteiger charge is -2.05. The zero-order chi connectivity index (χ0) is 11.0. The van der Waals surface area contributed by atoms with E-state index >= 15 is 0 Å². The van der Waals surface area contributed by atoms with Gasteiger partial charge in [-0.25, -0.2) is 4.98 Å². The van der Waals surface area contributed by atoms with Crippen LogP contribution in [0.4, 0.5) is 5.95 Å². The van der Waals surface area contributed by atoms with Gasteiger partial charge in [0.15, 0.2) is 0 Å². The molecule has 0 unspecified atom stereocenters. The monoisotopic (exact) mass is 203 g/mol. The summed E-state index contributed by atoms with van der Waals surface area (Å²) in [4.78, 5) is 9.77. The summed E-state index contributed by atoms with van der Waals surface area (Å²) in [7, 11) is 3.97. The number of nitrogens with one attached hydrogen (secondary N) is 1. The SMILES string of the molecule is CC(C)c1ccc2nc(N(C)C)[nH]c2c1. The molecular weight excluding hydrogens is 186 g/mol. The van der Waals surface area contributed by atoms with Gasteiger partial charge in [-0.2, -0.15) is 0 Å². The molecule has 0 aliphatic rings. The molecule has 1 N–H and O–H groups in total. The smallest absolute Gasteiger partial charge is 0.203 e. The minimum atomic E-state index is 0.556. The Kier molecular flexibility index (Phi) is 2.39. The first-order valence-electron chi connectivity index (χ1n) is 5.25. The molecule has 0 spiro atoms. The predicted octanol–water partition coefficient (Wildman–Crippen LogP) is 2.75. The molecule has 3 heteroatoms. The van der Waals surface area contributed by atoms with Gasteiger partial charge in [0.05, 0.1) is 11.0 Å². The molecule has 0 saturated carbocycles. The molecule has 3 nitrogen and oxygen atoms in total. The van der Waals surface area contributed by atoms with Gasteiger partial charge in [0.1, 0.15) is 0 Å². The standard InChI is InChI=1S/C12H17N3/c1-8(2)9-5-6-10-11(7-9)14-12(13-10)15(3)4/h5-8H,1-4H3,(H,13,14). The first-order chi connectivity index (χ1) is 7.08. The highest BCUT2D eigenvalue weighted by Crippen LogP contribution is 2.21. The zero-order valence-electron chi connectivity index (χ0n) is 9.70. The molecule has 1 heterocycles. The summed E-state index contributed by atoms with van der Waals surface area (Å²) in [5.41, 5.74) is 3.49. The summed E-state index contributed by atoms with van der Waals surface area (Å²) >= 11 is 0. The molecule has 0 aliphatic heterocycles. The van der Waals surface area contributed by atoms with Crippen molar-refractivity contribution in [3.63, 3.8) is 0 Å². The van der Waals surface area contributed by atoms with E-state index in [1.165, 1.54) is 5.56 Å². The first kappa shape index (κ1) is 10.0. The number of anilines is 1. The van der Waals surface area contributed by atoms with Crippen LogP contribution in [0.5, 0.6) is 0 Å². The molecule has 80 valence electrons. The van der Waals surface area contributed by atoms with Crippen LogP contribution in [-0.2, 0) is 0 Å². The number of hydrogen-bond acceptors (Lipinski definition) is 2. The topological polar surface area (TPSA) is 31.9 Å². The largest absolute Gasteiger partial charge is 0.349 e. The van der Waals surface area contributed by atoms with Crippen molar-refractivity contribution in [3.8, 4) is 0 Å². The number of fused-ring (bicyclic) bond motifs is 1. The number of aromatic amines is 1. The van der Waals surface area contributed by atoms with E-state index in [4.69, 9.17) is 0 Å². The van der Waals surface area contributed by atoms with Crippen molar-refractivity contribution in [1.82, 2.24) is 9.97 Å². The van der Waals surface area contributed by atoms with Crippen LogP contribution in [-0.4, -0.2) is 24.1 Å².